The lowest BCUT2D eigenvalue weighted by atomic mass is 10.2. The highest BCUT2D eigenvalue weighted by Crippen LogP contribution is 2.37. The monoisotopic (exact) mass is 297 g/mol. The van der Waals surface area contributed by atoms with E-state index in [4.69, 9.17) is 34.9 Å². The van der Waals surface area contributed by atoms with Crippen LogP contribution in [0.15, 0.2) is 18.2 Å². The Balaban J connectivity index is 1.95. The van der Waals surface area contributed by atoms with Crippen molar-refractivity contribution in [1.82, 2.24) is 4.90 Å². The highest BCUT2D eigenvalue weighted by atomic mass is 32.1. The number of halogens is 1. The van der Waals surface area contributed by atoms with Gasteiger partial charge in [-0.2, -0.15) is 0 Å². The molecule has 2 heterocycles. The summed E-state index contributed by atoms with van der Waals surface area (Å²) >= 11 is 10.4. The van der Waals surface area contributed by atoms with E-state index >= 15 is 0 Å². The summed E-state index contributed by atoms with van der Waals surface area (Å²) in [5, 5.41) is 0.618. The first-order valence-electron chi connectivity index (χ1n) is 5.85. The summed E-state index contributed by atoms with van der Waals surface area (Å²) in [4.78, 5) is 4.24. The van der Waals surface area contributed by atoms with Gasteiger partial charge < -0.3 is 20.3 Å². The van der Waals surface area contributed by atoms with Crippen LogP contribution < -0.4 is 15.4 Å². The Hall–Kier alpha value is -1.47. The molecule has 4 nitrogen and oxygen atoms in total. The van der Waals surface area contributed by atoms with Crippen molar-refractivity contribution in [3.8, 4) is 5.75 Å². The second kappa shape index (κ2) is 4.57. The molecule has 19 heavy (non-hydrogen) atoms. The summed E-state index contributed by atoms with van der Waals surface area (Å²) in [5.74, 6) is 0.343. The lowest BCUT2D eigenvalue weighted by Gasteiger charge is -2.31. The molecule has 2 N–H and O–H groups in total. The topological polar surface area (TPSA) is 41.7 Å². The van der Waals surface area contributed by atoms with E-state index in [9.17, 15) is 4.39 Å². The van der Waals surface area contributed by atoms with Gasteiger partial charge in [0.25, 0.3) is 0 Å². The molecule has 0 radical (unpaired) electrons. The molecule has 100 valence electrons. The maximum atomic E-state index is 13.4. The van der Waals surface area contributed by atoms with Crippen molar-refractivity contribution in [3.63, 3.8) is 0 Å². The molecule has 1 aromatic rings. The van der Waals surface area contributed by atoms with Crippen LogP contribution in [0.1, 0.15) is 0 Å². The van der Waals surface area contributed by atoms with Gasteiger partial charge in [-0.05, 0) is 24.4 Å². The molecule has 7 heteroatoms. The van der Waals surface area contributed by atoms with Crippen LogP contribution in [0.4, 0.5) is 10.1 Å². The van der Waals surface area contributed by atoms with Crippen molar-refractivity contribution in [1.29, 1.82) is 0 Å². The zero-order valence-corrected chi connectivity index (χ0v) is 11.6. The second-order valence-electron chi connectivity index (χ2n) is 4.58. The zero-order valence-electron chi connectivity index (χ0n) is 10.0. The highest BCUT2D eigenvalue weighted by molar-refractivity contribution is 7.80. The summed E-state index contributed by atoms with van der Waals surface area (Å²) in [6.45, 7) is 1.64. The molecular weight excluding hydrogens is 285 g/mol. The van der Waals surface area contributed by atoms with Gasteiger partial charge in [0.05, 0.1) is 23.3 Å². The van der Waals surface area contributed by atoms with Crippen LogP contribution in [0.3, 0.4) is 0 Å². The van der Waals surface area contributed by atoms with Crippen LogP contribution in [0.5, 0.6) is 5.75 Å². The molecule has 0 saturated carbocycles. The van der Waals surface area contributed by atoms with Crippen molar-refractivity contribution < 1.29 is 9.13 Å². The van der Waals surface area contributed by atoms with Gasteiger partial charge in [-0.15, -0.1) is 0 Å². The molecule has 1 saturated heterocycles. The minimum absolute atomic E-state index is 0.0798. The number of nitrogens with two attached hydrogens (primary N) is 1. The van der Waals surface area contributed by atoms with Gasteiger partial charge in [-0.1, -0.05) is 12.2 Å². The van der Waals surface area contributed by atoms with Gasteiger partial charge in [-0.25, -0.2) is 4.39 Å². The fraction of sp³-hybridized carbons (Fsp3) is 0.333. The minimum atomic E-state index is -0.307. The van der Waals surface area contributed by atoms with E-state index in [-0.39, 0.29) is 11.9 Å². The highest BCUT2D eigenvalue weighted by Gasteiger charge is 2.39. The number of hydrogen-bond acceptors (Lipinski definition) is 3. The van der Waals surface area contributed by atoms with Crippen molar-refractivity contribution in [3.05, 3.63) is 24.0 Å². The number of ether oxygens (including phenoxy) is 1. The number of fused-ring (bicyclic) bond motifs is 3. The molecule has 0 amide bonds. The van der Waals surface area contributed by atoms with E-state index in [2.05, 4.69) is 0 Å². The standard InChI is InChI=1S/C12H12FN3OS2/c13-7-1-2-10-9(3-7)16-8(6-17-10)4-15(12(16)19)5-11(14)18/h1-3,8H,4-6H2,(H2,14,18). The van der Waals surface area contributed by atoms with Crippen LogP contribution in [0.25, 0.3) is 0 Å². The smallest absolute Gasteiger partial charge is 0.177 e. The summed E-state index contributed by atoms with van der Waals surface area (Å²) < 4.78 is 19.0. The maximum absolute atomic E-state index is 13.4. The largest absolute Gasteiger partial charge is 0.489 e. The predicted octanol–water partition coefficient (Wildman–Crippen LogP) is 1.28. The van der Waals surface area contributed by atoms with E-state index in [1.54, 1.807) is 6.07 Å². The predicted molar refractivity (Wildman–Crippen MR) is 79.1 cm³/mol. The number of nitrogens with zero attached hydrogens (tertiary/aromatic N) is 2. The second-order valence-corrected chi connectivity index (χ2v) is 5.47. The molecule has 0 aromatic heterocycles. The number of rotatable bonds is 2. The molecular formula is C12H12FN3OS2. The Labute approximate surface area is 120 Å². The van der Waals surface area contributed by atoms with E-state index in [1.165, 1.54) is 12.1 Å². The molecule has 0 bridgehead atoms. The van der Waals surface area contributed by atoms with Crippen LogP contribution in [-0.4, -0.2) is 40.7 Å². The molecule has 1 fully saturated rings. The van der Waals surface area contributed by atoms with Gasteiger partial charge in [0.1, 0.15) is 18.2 Å². The SMILES string of the molecule is NC(=S)CN1CC2COc3ccc(F)cc3N2C1=S. The molecule has 0 spiro atoms. The minimum Gasteiger partial charge on any atom is -0.489 e. The quantitative estimate of drug-likeness (QED) is 0.830. The Kier molecular flexibility index (Phi) is 3.02. The maximum Gasteiger partial charge on any atom is 0.177 e. The number of benzene rings is 1. The first-order chi connectivity index (χ1) is 9.06. The number of hydrogen-bond donors (Lipinski definition) is 1. The summed E-state index contributed by atoms with van der Waals surface area (Å²) in [6, 6.07) is 4.53. The van der Waals surface area contributed by atoms with Gasteiger partial charge >= 0.3 is 0 Å². The van der Waals surface area contributed by atoms with Crippen LogP contribution in [0.2, 0.25) is 0 Å². The van der Waals surface area contributed by atoms with E-state index in [0.29, 0.717) is 41.2 Å². The Morgan fingerprint density at radius 1 is 1.53 bits per heavy atom. The lowest BCUT2D eigenvalue weighted by molar-refractivity contribution is 0.269. The molecule has 2 aliphatic rings. The Bertz CT molecular complexity index is 566. The van der Waals surface area contributed by atoms with Crippen LogP contribution in [0, 0.1) is 5.82 Å². The summed E-state index contributed by atoms with van der Waals surface area (Å²) in [6.07, 6.45) is 0. The van der Waals surface area contributed by atoms with Gasteiger partial charge in [-0.3, -0.25) is 0 Å². The molecule has 1 unspecified atom stereocenters. The molecule has 1 atom stereocenters. The third-order valence-electron chi connectivity index (χ3n) is 3.23. The fourth-order valence-corrected chi connectivity index (χ4v) is 3.00. The normalized spacial score (nSPS) is 20.9. The van der Waals surface area contributed by atoms with E-state index in [1.807, 2.05) is 9.80 Å². The third kappa shape index (κ3) is 2.12. The van der Waals surface area contributed by atoms with Crippen molar-refractivity contribution >= 4 is 40.2 Å². The first kappa shape index (κ1) is 12.6. The van der Waals surface area contributed by atoms with Crippen LogP contribution in [-0.2, 0) is 0 Å². The van der Waals surface area contributed by atoms with Crippen LogP contribution >= 0.6 is 24.4 Å². The molecule has 0 aliphatic carbocycles. The van der Waals surface area contributed by atoms with Gasteiger partial charge in [0.15, 0.2) is 5.11 Å². The third-order valence-corrected chi connectivity index (χ3v) is 3.82. The number of anilines is 1. The Morgan fingerprint density at radius 2 is 2.32 bits per heavy atom. The lowest BCUT2D eigenvalue weighted by Crippen LogP contribution is -2.41. The van der Waals surface area contributed by atoms with E-state index in [0.717, 1.165) is 0 Å². The van der Waals surface area contributed by atoms with Crippen molar-refractivity contribution in [2.45, 2.75) is 6.04 Å². The molecule has 1 aromatic carbocycles. The Morgan fingerprint density at radius 3 is 3.05 bits per heavy atom. The molecule has 3 rings (SSSR count). The van der Waals surface area contributed by atoms with Gasteiger partial charge in [0, 0.05) is 12.6 Å². The van der Waals surface area contributed by atoms with Crippen molar-refractivity contribution in [2.24, 2.45) is 5.73 Å². The fourth-order valence-electron chi connectivity index (χ4n) is 2.46. The first-order valence-corrected chi connectivity index (χ1v) is 6.66. The summed E-state index contributed by atoms with van der Waals surface area (Å²) in [7, 11) is 0. The van der Waals surface area contributed by atoms with Gasteiger partial charge in [0.2, 0.25) is 0 Å². The summed E-state index contributed by atoms with van der Waals surface area (Å²) in [5.41, 5.74) is 6.24. The van der Waals surface area contributed by atoms with Crippen molar-refractivity contribution in [2.75, 3.05) is 24.6 Å². The average Bonchev–Trinajstić information content (AvgIpc) is 2.66. The zero-order chi connectivity index (χ0) is 13.6. The van der Waals surface area contributed by atoms with E-state index < -0.39 is 0 Å². The average molecular weight is 297 g/mol. The molecule has 2 aliphatic heterocycles. The number of thiocarbonyl (C=S) groups is 2.